The molecule has 0 saturated carbocycles. The topological polar surface area (TPSA) is 95.8 Å². The van der Waals surface area contributed by atoms with Gasteiger partial charge in [0.1, 0.15) is 0 Å². The molecule has 0 atom stereocenters. The molecule has 1 aromatic carbocycles. The van der Waals surface area contributed by atoms with Crippen LogP contribution in [0.2, 0.25) is 0 Å². The zero-order chi connectivity index (χ0) is 23.7. The molecule has 9 nitrogen and oxygen atoms in total. The molecule has 3 aliphatic heterocycles. The van der Waals surface area contributed by atoms with E-state index in [1.807, 2.05) is 10.7 Å². The molecule has 0 spiro atoms. The molecule has 1 aromatic heterocycles. The van der Waals surface area contributed by atoms with Crippen LogP contribution in [0.1, 0.15) is 58.6 Å². The van der Waals surface area contributed by atoms with Crippen LogP contribution in [0.25, 0.3) is 0 Å². The fourth-order valence-electron chi connectivity index (χ4n) is 5.00. The number of carbonyl (C=O) groups excluding carboxylic acids is 2. The summed E-state index contributed by atoms with van der Waals surface area (Å²) in [6.45, 7) is 3.74. The molecule has 2 fully saturated rings. The maximum atomic E-state index is 13.0. The number of hydrogen-bond donors (Lipinski definition) is 0. The maximum absolute atomic E-state index is 13.0. The van der Waals surface area contributed by atoms with E-state index in [1.165, 1.54) is 16.4 Å². The van der Waals surface area contributed by atoms with Gasteiger partial charge in [-0.2, -0.15) is 9.40 Å². The predicted molar refractivity (Wildman–Crippen MR) is 126 cm³/mol. The first-order chi connectivity index (χ1) is 16.4. The Kier molecular flexibility index (Phi) is 6.44. The SMILES string of the molecule is O=C(c1ccc(S(=O)(=O)N2CCCCC2)cc1)N1CCN(C(=O)c2cc3n(n2)CCCC3)CC1. The van der Waals surface area contributed by atoms with Crippen LogP contribution in [0.5, 0.6) is 0 Å². The van der Waals surface area contributed by atoms with Gasteiger partial charge in [0.25, 0.3) is 11.8 Å². The zero-order valence-corrected chi connectivity index (χ0v) is 20.2. The molecule has 5 rings (SSSR count). The van der Waals surface area contributed by atoms with Gasteiger partial charge in [-0.1, -0.05) is 6.42 Å². The second-order valence-electron chi connectivity index (χ2n) is 9.27. The first-order valence-corrected chi connectivity index (χ1v) is 13.6. The van der Waals surface area contributed by atoms with Crippen molar-refractivity contribution in [2.45, 2.75) is 50.0 Å². The molecule has 0 radical (unpaired) electrons. The van der Waals surface area contributed by atoms with E-state index in [1.54, 1.807) is 21.9 Å². The van der Waals surface area contributed by atoms with Crippen LogP contribution in [0, 0.1) is 0 Å². The van der Waals surface area contributed by atoms with Gasteiger partial charge in [0.15, 0.2) is 5.69 Å². The second-order valence-corrected chi connectivity index (χ2v) is 11.2. The Morgan fingerprint density at radius 1 is 0.735 bits per heavy atom. The van der Waals surface area contributed by atoms with Crippen molar-refractivity contribution in [1.29, 1.82) is 0 Å². The minimum atomic E-state index is -3.52. The summed E-state index contributed by atoms with van der Waals surface area (Å²) in [6.07, 6.45) is 6.00. The highest BCUT2D eigenvalue weighted by Gasteiger charge is 2.29. The first kappa shape index (κ1) is 23.0. The summed E-state index contributed by atoms with van der Waals surface area (Å²) in [5.74, 6) is -0.229. The minimum absolute atomic E-state index is 0.0822. The number of fused-ring (bicyclic) bond motifs is 1. The monoisotopic (exact) mass is 485 g/mol. The quantitative estimate of drug-likeness (QED) is 0.660. The average molecular weight is 486 g/mol. The number of carbonyl (C=O) groups is 2. The number of hydrogen-bond acceptors (Lipinski definition) is 5. The molecular weight excluding hydrogens is 454 g/mol. The summed E-state index contributed by atoms with van der Waals surface area (Å²) in [4.78, 5) is 29.6. The Hall–Kier alpha value is -2.72. The number of aryl methyl sites for hydroxylation is 2. The highest BCUT2D eigenvalue weighted by atomic mass is 32.2. The van der Waals surface area contributed by atoms with E-state index in [0.717, 1.165) is 50.8 Å². The standard InChI is InChI=1S/C24H31N5O4S/c30-23(19-7-9-21(10-8-19)34(32,33)28-11-3-1-4-12-28)26-14-16-27(17-15-26)24(31)22-18-20-6-2-5-13-29(20)25-22/h7-10,18H,1-6,11-17H2. The van der Waals surface area contributed by atoms with Gasteiger partial charge in [0, 0.05) is 57.1 Å². The van der Waals surface area contributed by atoms with E-state index >= 15 is 0 Å². The number of piperazine rings is 1. The van der Waals surface area contributed by atoms with Crippen molar-refractivity contribution in [1.82, 2.24) is 23.9 Å². The van der Waals surface area contributed by atoms with Crippen molar-refractivity contribution in [2.75, 3.05) is 39.3 Å². The summed E-state index contributed by atoms with van der Waals surface area (Å²) < 4.78 is 29.1. The summed E-state index contributed by atoms with van der Waals surface area (Å²) in [6, 6.07) is 8.13. The summed E-state index contributed by atoms with van der Waals surface area (Å²) >= 11 is 0. The van der Waals surface area contributed by atoms with E-state index in [4.69, 9.17) is 0 Å². The Bertz CT molecular complexity index is 1140. The summed E-state index contributed by atoms with van der Waals surface area (Å²) in [5, 5.41) is 4.48. The van der Waals surface area contributed by atoms with Gasteiger partial charge in [-0.15, -0.1) is 0 Å². The smallest absolute Gasteiger partial charge is 0.274 e. The molecule has 4 heterocycles. The summed E-state index contributed by atoms with van der Waals surface area (Å²) in [7, 11) is -3.52. The molecule has 3 aliphatic rings. The summed E-state index contributed by atoms with van der Waals surface area (Å²) in [5.41, 5.74) is 2.07. The predicted octanol–water partition coefficient (Wildman–Crippen LogP) is 1.99. The molecule has 0 N–H and O–H groups in total. The lowest BCUT2D eigenvalue weighted by Gasteiger charge is -2.34. The van der Waals surface area contributed by atoms with Gasteiger partial charge >= 0.3 is 0 Å². The first-order valence-electron chi connectivity index (χ1n) is 12.2. The Morgan fingerprint density at radius 2 is 1.35 bits per heavy atom. The number of aromatic nitrogens is 2. The van der Waals surface area contributed by atoms with Crippen molar-refractivity contribution >= 4 is 21.8 Å². The van der Waals surface area contributed by atoms with Crippen LogP contribution in [-0.2, 0) is 23.0 Å². The number of amides is 2. The van der Waals surface area contributed by atoms with Gasteiger partial charge < -0.3 is 9.80 Å². The van der Waals surface area contributed by atoms with Crippen molar-refractivity contribution in [3.05, 3.63) is 47.3 Å². The Labute approximate surface area is 200 Å². The minimum Gasteiger partial charge on any atom is -0.335 e. The Morgan fingerprint density at radius 3 is 2.00 bits per heavy atom. The van der Waals surface area contributed by atoms with Crippen LogP contribution in [0.15, 0.2) is 35.2 Å². The van der Waals surface area contributed by atoms with Crippen LogP contribution in [0.3, 0.4) is 0 Å². The lowest BCUT2D eigenvalue weighted by atomic mass is 10.1. The van der Waals surface area contributed by atoms with Crippen molar-refractivity contribution in [3.8, 4) is 0 Å². The van der Waals surface area contributed by atoms with Gasteiger partial charge in [-0.25, -0.2) is 8.42 Å². The van der Waals surface area contributed by atoms with E-state index in [2.05, 4.69) is 5.10 Å². The third-order valence-electron chi connectivity index (χ3n) is 7.04. The molecule has 0 aliphatic carbocycles. The van der Waals surface area contributed by atoms with E-state index in [0.29, 0.717) is 50.5 Å². The van der Waals surface area contributed by atoms with E-state index in [-0.39, 0.29) is 16.7 Å². The van der Waals surface area contributed by atoms with Crippen molar-refractivity contribution < 1.29 is 18.0 Å². The normalized spacial score (nSPS) is 19.6. The third-order valence-corrected chi connectivity index (χ3v) is 8.96. The van der Waals surface area contributed by atoms with Crippen LogP contribution in [0.4, 0.5) is 0 Å². The van der Waals surface area contributed by atoms with Crippen LogP contribution >= 0.6 is 0 Å². The third kappa shape index (κ3) is 4.48. The zero-order valence-electron chi connectivity index (χ0n) is 19.4. The van der Waals surface area contributed by atoms with E-state index in [9.17, 15) is 18.0 Å². The van der Waals surface area contributed by atoms with Gasteiger partial charge in [-0.3, -0.25) is 14.3 Å². The molecule has 182 valence electrons. The fourth-order valence-corrected chi connectivity index (χ4v) is 6.52. The number of rotatable bonds is 4. The van der Waals surface area contributed by atoms with Crippen molar-refractivity contribution in [2.24, 2.45) is 0 Å². The largest absolute Gasteiger partial charge is 0.335 e. The highest BCUT2D eigenvalue weighted by molar-refractivity contribution is 7.89. The second kappa shape index (κ2) is 9.50. The number of nitrogens with zero attached hydrogens (tertiary/aromatic N) is 5. The van der Waals surface area contributed by atoms with Crippen LogP contribution < -0.4 is 0 Å². The van der Waals surface area contributed by atoms with Gasteiger partial charge in [-0.05, 0) is 62.4 Å². The van der Waals surface area contributed by atoms with Crippen LogP contribution in [-0.4, -0.2) is 83.4 Å². The number of piperidine rings is 1. The fraction of sp³-hybridized carbons (Fsp3) is 0.542. The van der Waals surface area contributed by atoms with Gasteiger partial charge in [0.05, 0.1) is 4.90 Å². The molecule has 0 unspecified atom stereocenters. The average Bonchev–Trinajstić information content (AvgIpc) is 3.33. The number of sulfonamides is 1. The molecule has 2 saturated heterocycles. The number of benzene rings is 1. The molecule has 34 heavy (non-hydrogen) atoms. The van der Waals surface area contributed by atoms with Crippen molar-refractivity contribution in [3.63, 3.8) is 0 Å². The van der Waals surface area contributed by atoms with Gasteiger partial charge in [0.2, 0.25) is 10.0 Å². The maximum Gasteiger partial charge on any atom is 0.274 e. The molecule has 10 heteroatoms. The Balaban J connectivity index is 1.19. The van der Waals surface area contributed by atoms with E-state index < -0.39 is 10.0 Å². The lowest BCUT2D eigenvalue weighted by molar-refractivity contribution is 0.0531. The molecular formula is C24H31N5O4S. The molecule has 2 aromatic rings. The molecule has 0 bridgehead atoms. The lowest BCUT2D eigenvalue weighted by Crippen LogP contribution is -2.50. The highest BCUT2D eigenvalue weighted by Crippen LogP contribution is 2.22. The molecule has 2 amide bonds.